The summed E-state index contributed by atoms with van der Waals surface area (Å²) in [5.74, 6) is 3.31. The Morgan fingerprint density at radius 3 is 3.00 bits per heavy atom. The molecule has 1 aromatic carbocycles. The quantitative estimate of drug-likeness (QED) is 0.483. The summed E-state index contributed by atoms with van der Waals surface area (Å²) < 4.78 is 12.3. The molecule has 0 spiro atoms. The van der Waals surface area contributed by atoms with Crippen LogP contribution < -0.4 is 15.4 Å². The number of ether oxygens (including phenoxy) is 2. The molecule has 0 bridgehead atoms. The van der Waals surface area contributed by atoms with Gasteiger partial charge in [0.1, 0.15) is 23.9 Å². The number of nitrogens with zero attached hydrogens (tertiary/aromatic N) is 4. The van der Waals surface area contributed by atoms with Crippen molar-refractivity contribution in [1.82, 2.24) is 25.4 Å². The lowest BCUT2D eigenvalue weighted by atomic mass is 10.1. The summed E-state index contributed by atoms with van der Waals surface area (Å²) in [6.45, 7) is 4.26. The number of benzene rings is 1. The van der Waals surface area contributed by atoms with Crippen LogP contribution in [0.5, 0.6) is 11.5 Å². The molecule has 0 aliphatic carbocycles. The number of aryl methyl sites for hydroxylation is 1. The van der Waals surface area contributed by atoms with Crippen molar-refractivity contribution in [1.29, 1.82) is 0 Å². The van der Waals surface area contributed by atoms with Crippen LogP contribution in [0.15, 0.2) is 23.2 Å². The van der Waals surface area contributed by atoms with Gasteiger partial charge in [0.2, 0.25) is 0 Å². The highest BCUT2D eigenvalue weighted by atomic mass is 16.5. The Labute approximate surface area is 164 Å². The number of nitrogens with one attached hydrogen (secondary N) is 2. The van der Waals surface area contributed by atoms with E-state index in [4.69, 9.17) is 9.47 Å². The smallest absolute Gasteiger partial charge is 0.191 e. The van der Waals surface area contributed by atoms with E-state index in [1.165, 1.54) is 0 Å². The number of phenols is 1. The van der Waals surface area contributed by atoms with Crippen LogP contribution in [0.2, 0.25) is 0 Å². The fourth-order valence-electron chi connectivity index (χ4n) is 3.16. The molecule has 1 aromatic heterocycles. The van der Waals surface area contributed by atoms with E-state index in [2.05, 4.69) is 25.7 Å². The first-order chi connectivity index (χ1) is 13.6. The largest absolute Gasteiger partial charge is 0.508 e. The molecule has 2 heterocycles. The second-order valence-corrected chi connectivity index (χ2v) is 6.63. The Morgan fingerprint density at radius 1 is 1.39 bits per heavy atom. The van der Waals surface area contributed by atoms with Gasteiger partial charge in [-0.1, -0.05) is 0 Å². The van der Waals surface area contributed by atoms with Gasteiger partial charge in [-0.15, -0.1) is 0 Å². The molecule has 9 nitrogen and oxygen atoms in total. The van der Waals surface area contributed by atoms with E-state index in [1.54, 1.807) is 32.4 Å². The maximum atomic E-state index is 10.1. The van der Waals surface area contributed by atoms with Crippen molar-refractivity contribution in [2.24, 2.45) is 4.99 Å². The third-order valence-electron chi connectivity index (χ3n) is 4.55. The van der Waals surface area contributed by atoms with E-state index in [1.807, 2.05) is 11.6 Å². The summed E-state index contributed by atoms with van der Waals surface area (Å²) in [5, 5.41) is 21.3. The van der Waals surface area contributed by atoms with Crippen LogP contribution in [0.4, 0.5) is 0 Å². The van der Waals surface area contributed by atoms with Crippen molar-refractivity contribution in [2.45, 2.75) is 45.5 Å². The van der Waals surface area contributed by atoms with E-state index in [-0.39, 0.29) is 11.8 Å². The molecule has 1 unspecified atom stereocenters. The van der Waals surface area contributed by atoms with Gasteiger partial charge < -0.3 is 25.2 Å². The van der Waals surface area contributed by atoms with Crippen LogP contribution in [0.3, 0.4) is 0 Å². The Balaban J connectivity index is 1.66. The number of aliphatic imine (C=N–C) groups is 1. The van der Waals surface area contributed by atoms with Gasteiger partial charge in [-0.2, -0.15) is 5.10 Å². The number of fused-ring (bicyclic) bond motifs is 1. The average molecular weight is 388 g/mol. The van der Waals surface area contributed by atoms with Gasteiger partial charge in [-0.3, -0.25) is 0 Å². The molecule has 1 atom stereocenters. The lowest BCUT2D eigenvalue weighted by Crippen LogP contribution is -2.47. The van der Waals surface area contributed by atoms with Crippen molar-refractivity contribution in [3.8, 4) is 11.5 Å². The van der Waals surface area contributed by atoms with Crippen LogP contribution in [-0.2, 0) is 30.9 Å². The summed E-state index contributed by atoms with van der Waals surface area (Å²) in [6, 6.07) is 5.33. The molecule has 0 saturated heterocycles. The molecule has 3 N–H and O–H groups in total. The number of hydrogen-bond acceptors (Lipinski definition) is 6. The van der Waals surface area contributed by atoms with Crippen molar-refractivity contribution >= 4 is 5.96 Å². The first-order valence-corrected chi connectivity index (χ1v) is 9.45. The molecule has 0 fully saturated rings. The number of hydrogen-bond donors (Lipinski definition) is 3. The number of aromatic nitrogens is 3. The zero-order chi connectivity index (χ0) is 19.9. The second kappa shape index (κ2) is 9.41. The maximum Gasteiger partial charge on any atom is 0.191 e. The molecule has 0 saturated carbocycles. The minimum atomic E-state index is 0.196. The number of aromatic hydroxyl groups is 1. The van der Waals surface area contributed by atoms with Gasteiger partial charge in [0, 0.05) is 31.7 Å². The zero-order valence-electron chi connectivity index (χ0n) is 16.6. The molecule has 0 radical (unpaired) electrons. The van der Waals surface area contributed by atoms with Crippen LogP contribution in [-0.4, -0.2) is 52.6 Å². The van der Waals surface area contributed by atoms with E-state index in [9.17, 15) is 5.11 Å². The first kappa shape index (κ1) is 19.9. The second-order valence-electron chi connectivity index (χ2n) is 6.63. The Hall–Kier alpha value is -2.81. The zero-order valence-corrected chi connectivity index (χ0v) is 16.6. The first-order valence-electron chi connectivity index (χ1n) is 9.45. The molecule has 2 aromatic rings. The highest BCUT2D eigenvalue weighted by molar-refractivity contribution is 5.80. The summed E-state index contributed by atoms with van der Waals surface area (Å²) in [7, 11) is 3.24. The molecule has 1 aliphatic heterocycles. The van der Waals surface area contributed by atoms with Crippen LogP contribution >= 0.6 is 0 Å². The monoisotopic (exact) mass is 388 g/mol. The number of guanidine groups is 1. The van der Waals surface area contributed by atoms with E-state index >= 15 is 0 Å². The van der Waals surface area contributed by atoms with Gasteiger partial charge in [-0.05, 0) is 31.5 Å². The molecular formula is C19H28N6O3. The summed E-state index contributed by atoms with van der Waals surface area (Å²) >= 11 is 0. The van der Waals surface area contributed by atoms with E-state index in [0.29, 0.717) is 36.2 Å². The SMILES string of the molecule is CCNC(=NCc1cc(OC)ccc1O)NC1CCc2nc(COC)nn2C1. The normalized spacial score (nSPS) is 16.5. The number of rotatable bonds is 7. The topological polar surface area (TPSA) is 106 Å². The van der Waals surface area contributed by atoms with E-state index < -0.39 is 0 Å². The summed E-state index contributed by atoms with van der Waals surface area (Å²) in [5.41, 5.74) is 0.711. The fourth-order valence-corrected chi connectivity index (χ4v) is 3.16. The minimum Gasteiger partial charge on any atom is -0.508 e. The van der Waals surface area contributed by atoms with Crippen LogP contribution in [0.25, 0.3) is 0 Å². The highest BCUT2D eigenvalue weighted by Crippen LogP contribution is 2.23. The Bertz CT molecular complexity index is 820. The maximum absolute atomic E-state index is 10.1. The van der Waals surface area contributed by atoms with Crippen molar-refractivity contribution in [3.05, 3.63) is 35.4 Å². The molecule has 28 heavy (non-hydrogen) atoms. The van der Waals surface area contributed by atoms with Gasteiger partial charge in [0.05, 0.1) is 20.2 Å². The molecule has 0 amide bonds. The van der Waals surface area contributed by atoms with Crippen molar-refractivity contribution in [2.75, 3.05) is 20.8 Å². The van der Waals surface area contributed by atoms with Crippen molar-refractivity contribution < 1.29 is 14.6 Å². The average Bonchev–Trinajstić information content (AvgIpc) is 3.09. The van der Waals surface area contributed by atoms with Gasteiger partial charge >= 0.3 is 0 Å². The lowest BCUT2D eigenvalue weighted by molar-refractivity contribution is 0.177. The van der Waals surface area contributed by atoms with Crippen LogP contribution in [0, 0.1) is 0 Å². The molecule has 3 rings (SSSR count). The molecular weight excluding hydrogens is 360 g/mol. The fraction of sp³-hybridized carbons (Fsp3) is 0.526. The molecule has 1 aliphatic rings. The van der Waals surface area contributed by atoms with Gasteiger partial charge in [-0.25, -0.2) is 14.7 Å². The van der Waals surface area contributed by atoms with Gasteiger partial charge in [0.25, 0.3) is 0 Å². The summed E-state index contributed by atoms with van der Waals surface area (Å²) in [4.78, 5) is 9.12. The number of phenolic OH excluding ortho intramolecular Hbond substituents is 1. The Kier molecular flexibility index (Phi) is 6.70. The standard InChI is InChI=1S/C19H28N6O3/c1-4-20-19(21-10-13-9-15(28-3)6-7-16(13)26)22-14-5-8-18-23-17(12-27-2)24-25(18)11-14/h6-7,9,14,26H,4-5,8,10-12H2,1-3H3,(H2,20,21,22). The molecule has 9 heteroatoms. The lowest BCUT2D eigenvalue weighted by Gasteiger charge is -2.25. The highest BCUT2D eigenvalue weighted by Gasteiger charge is 2.22. The predicted octanol–water partition coefficient (Wildman–Crippen LogP) is 1.21. The summed E-state index contributed by atoms with van der Waals surface area (Å²) in [6.07, 6.45) is 1.80. The van der Waals surface area contributed by atoms with Gasteiger partial charge in [0.15, 0.2) is 11.8 Å². The minimum absolute atomic E-state index is 0.196. The predicted molar refractivity (Wildman–Crippen MR) is 105 cm³/mol. The van der Waals surface area contributed by atoms with Crippen LogP contribution in [0.1, 0.15) is 30.6 Å². The third kappa shape index (κ3) is 4.92. The van der Waals surface area contributed by atoms with Crippen molar-refractivity contribution in [3.63, 3.8) is 0 Å². The Morgan fingerprint density at radius 2 is 2.25 bits per heavy atom. The number of methoxy groups -OCH3 is 2. The third-order valence-corrected chi connectivity index (χ3v) is 4.55. The molecule has 152 valence electrons. The van der Waals surface area contributed by atoms with E-state index in [0.717, 1.165) is 31.8 Å².